The van der Waals surface area contributed by atoms with Crippen LogP contribution in [0.3, 0.4) is 0 Å². The molecule has 0 spiro atoms. The average Bonchev–Trinajstić information content (AvgIpc) is 3.79. The van der Waals surface area contributed by atoms with Crippen LogP contribution in [0, 0.1) is 23.2 Å². The second-order valence-electron chi connectivity index (χ2n) is 16.1. The zero-order valence-corrected chi connectivity index (χ0v) is 36.7. The minimum Gasteiger partial charge on any atom is -0.497 e. The summed E-state index contributed by atoms with van der Waals surface area (Å²) in [7, 11) is 1.63. The lowest BCUT2D eigenvalue weighted by Crippen LogP contribution is -2.37. The highest BCUT2D eigenvalue weighted by molar-refractivity contribution is 7.44. The van der Waals surface area contributed by atoms with Crippen molar-refractivity contribution in [1.29, 1.82) is 5.26 Å². The fourth-order valence-corrected chi connectivity index (χ4v) is 9.82. The van der Waals surface area contributed by atoms with Crippen molar-refractivity contribution in [2.75, 3.05) is 39.3 Å². The second kappa shape index (κ2) is 20.0. The predicted molar refractivity (Wildman–Crippen MR) is 234 cm³/mol. The van der Waals surface area contributed by atoms with Gasteiger partial charge < -0.3 is 28.6 Å². The van der Waals surface area contributed by atoms with Crippen LogP contribution in [0.2, 0.25) is 0 Å². The molecule has 0 aliphatic heterocycles. The fourth-order valence-electron chi connectivity index (χ4n) is 8.02. The monoisotopic (exact) mass is 839 g/mol. The molecule has 1 saturated carbocycles. The summed E-state index contributed by atoms with van der Waals surface area (Å²) in [5, 5.41) is 12.6. The number of ether oxygens (including phenoxy) is 3. The van der Waals surface area contributed by atoms with E-state index in [-0.39, 0.29) is 48.8 Å². The van der Waals surface area contributed by atoms with Gasteiger partial charge >= 0.3 is 5.69 Å². The summed E-state index contributed by atoms with van der Waals surface area (Å²) in [6, 6.07) is 27.8. The number of nitrogens with one attached hydrogen (secondary N) is 3. The minimum absolute atomic E-state index is 0.0740. The van der Waals surface area contributed by atoms with Crippen molar-refractivity contribution in [2.45, 2.75) is 90.6 Å². The van der Waals surface area contributed by atoms with Gasteiger partial charge in [-0.25, -0.2) is 9.46 Å². The second-order valence-corrected chi connectivity index (χ2v) is 17.5. The number of nitrogens with zero attached hydrogens (tertiary/aromatic N) is 4. The predicted octanol–water partition coefficient (Wildman–Crippen LogP) is 8.12. The Morgan fingerprint density at radius 2 is 1.48 bits per heavy atom. The van der Waals surface area contributed by atoms with Gasteiger partial charge in [0.25, 0.3) is 14.1 Å². The molecule has 3 aromatic carbocycles. The van der Waals surface area contributed by atoms with Gasteiger partial charge in [-0.15, -0.1) is 0 Å². The average molecular weight is 840 g/mol. The number of anilines is 1. The third kappa shape index (κ3) is 9.78. The van der Waals surface area contributed by atoms with E-state index in [2.05, 4.69) is 79.7 Å². The van der Waals surface area contributed by atoms with Crippen molar-refractivity contribution in [3.05, 3.63) is 116 Å². The van der Waals surface area contributed by atoms with Crippen molar-refractivity contribution < 1.29 is 23.3 Å². The molecule has 0 saturated heterocycles. The van der Waals surface area contributed by atoms with Crippen LogP contribution in [0.5, 0.6) is 11.5 Å². The molecule has 2 heterocycles. The third-order valence-electron chi connectivity index (χ3n) is 10.8. The van der Waals surface area contributed by atoms with Crippen LogP contribution in [0.15, 0.2) is 88.5 Å². The topological polar surface area (TPSA) is 169 Å². The molecule has 2 aromatic heterocycles. The molecule has 1 aliphatic rings. The molecule has 3 N–H and O–H groups in total. The van der Waals surface area contributed by atoms with Gasteiger partial charge in [0, 0.05) is 30.6 Å². The Hall–Kier alpha value is -5.03. The van der Waals surface area contributed by atoms with Gasteiger partial charge in [-0.2, -0.15) is 10.2 Å². The number of hydrogen-bond donors (Lipinski definition) is 3. The van der Waals surface area contributed by atoms with E-state index in [1.807, 2.05) is 66.7 Å². The maximum Gasteiger partial charge on any atom is 0.328 e. The van der Waals surface area contributed by atoms with E-state index in [4.69, 9.17) is 28.2 Å². The summed E-state index contributed by atoms with van der Waals surface area (Å²) in [6.07, 6.45) is 0.647. The highest BCUT2D eigenvalue weighted by Gasteiger charge is 2.45. The Bertz CT molecular complexity index is 2250. The number of rotatable bonds is 20. The lowest BCUT2D eigenvalue weighted by Gasteiger charge is -2.39. The lowest BCUT2D eigenvalue weighted by atomic mass is 9.80. The van der Waals surface area contributed by atoms with Crippen molar-refractivity contribution in [3.63, 3.8) is 0 Å². The van der Waals surface area contributed by atoms with E-state index < -0.39 is 37.5 Å². The standard InChI is InChI=1S/C45H58N7O7P/c1-29(2)27-47-43-49-41-40(42(53)50-43)48-44(54)51(41)36-25-32(39(26-36)59-60(58-24-12-23-46)52(30(3)4)31(5)6)28-57-45(33-13-10-9-11-14-33,34-15-19-37(55-7)20-16-34)35-17-21-38(56-8)22-18-35/h9-11,13-22,29-32,36,39H,12,24-28H2,1-8H3,(H,48,54)(H2,47,49,50,53)/t32-,36-,39+,60?/m1/s1. The van der Waals surface area contributed by atoms with E-state index in [1.54, 1.807) is 18.8 Å². The molecule has 15 heteroatoms. The van der Waals surface area contributed by atoms with Crippen LogP contribution >= 0.6 is 8.53 Å². The molecule has 60 heavy (non-hydrogen) atoms. The van der Waals surface area contributed by atoms with E-state index in [1.165, 1.54) is 0 Å². The van der Waals surface area contributed by atoms with Crippen molar-refractivity contribution in [3.8, 4) is 17.6 Å². The van der Waals surface area contributed by atoms with Gasteiger partial charge in [-0.1, -0.05) is 68.4 Å². The van der Waals surface area contributed by atoms with Crippen LogP contribution < -0.4 is 26.0 Å². The summed E-state index contributed by atoms with van der Waals surface area (Å²) < 4.78 is 35.9. The SMILES string of the molecule is COc1ccc(C(OC[C@H]2C[C@@H](n3c(=O)[nH]c4c(=O)[nH]c(NCC(C)C)nc43)C[C@@H]2OP(OCCC#N)N(C(C)C)C(C)C)(c2ccccc2)c2ccc(OC)cc2)cc1. The summed E-state index contributed by atoms with van der Waals surface area (Å²) in [4.78, 5) is 37.5. The smallest absolute Gasteiger partial charge is 0.328 e. The van der Waals surface area contributed by atoms with Gasteiger partial charge in [0.05, 0.1) is 46.0 Å². The molecular formula is C45H58N7O7P. The third-order valence-corrected chi connectivity index (χ3v) is 13.0. The first kappa shape index (κ1) is 44.5. The molecular weight excluding hydrogens is 782 g/mol. The highest BCUT2D eigenvalue weighted by atomic mass is 31.2. The molecule has 1 unspecified atom stereocenters. The molecule has 6 rings (SSSR count). The number of nitriles is 1. The van der Waals surface area contributed by atoms with Crippen LogP contribution in [-0.2, 0) is 19.4 Å². The van der Waals surface area contributed by atoms with E-state index in [0.717, 1.165) is 16.7 Å². The van der Waals surface area contributed by atoms with Crippen molar-refractivity contribution in [1.82, 2.24) is 24.2 Å². The van der Waals surface area contributed by atoms with E-state index in [9.17, 15) is 14.9 Å². The molecule has 0 bridgehead atoms. The Labute approximate surface area is 353 Å². The van der Waals surface area contributed by atoms with Gasteiger partial charge in [0.2, 0.25) is 5.95 Å². The lowest BCUT2D eigenvalue weighted by molar-refractivity contribution is -0.0276. The number of aromatic nitrogens is 4. The minimum atomic E-state index is -1.65. The first-order valence-corrected chi connectivity index (χ1v) is 21.7. The van der Waals surface area contributed by atoms with Crippen LogP contribution in [-0.4, -0.2) is 76.4 Å². The van der Waals surface area contributed by atoms with E-state index >= 15 is 0 Å². The van der Waals surface area contributed by atoms with Crippen LogP contribution in [0.1, 0.15) is 83.5 Å². The van der Waals surface area contributed by atoms with Crippen LogP contribution in [0.25, 0.3) is 11.2 Å². The van der Waals surface area contributed by atoms with Gasteiger partial charge in [-0.3, -0.25) is 19.3 Å². The normalized spacial score (nSPS) is 17.5. The summed E-state index contributed by atoms with van der Waals surface area (Å²) in [5.74, 6) is 1.76. The molecule has 1 fully saturated rings. The van der Waals surface area contributed by atoms with Gasteiger partial charge in [0.15, 0.2) is 11.2 Å². The zero-order chi connectivity index (χ0) is 43.0. The fraction of sp³-hybridized carbons (Fsp3) is 0.467. The van der Waals surface area contributed by atoms with Gasteiger partial charge in [0.1, 0.15) is 17.1 Å². The molecule has 5 aromatic rings. The zero-order valence-electron chi connectivity index (χ0n) is 35.8. The Balaban J connectivity index is 1.46. The number of methoxy groups -OCH3 is 2. The Kier molecular flexibility index (Phi) is 14.9. The maximum absolute atomic E-state index is 13.9. The van der Waals surface area contributed by atoms with Crippen molar-refractivity contribution in [2.24, 2.45) is 11.8 Å². The molecule has 4 atom stereocenters. The number of H-pyrrole nitrogens is 2. The quantitative estimate of drug-likeness (QED) is 0.0393. The molecule has 0 radical (unpaired) electrons. The number of imidazole rings is 1. The summed E-state index contributed by atoms with van der Waals surface area (Å²) in [6.45, 7) is 13.5. The number of aromatic amines is 2. The Morgan fingerprint density at radius 1 is 0.883 bits per heavy atom. The first-order chi connectivity index (χ1) is 28.9. The van der Waals surface area contributed by atoms with E-state index in [0.29, 0.717) is 42.8 Å². The summed E-state index contributed by atoms with van der Waals surface area (Å²) in [5.41, 5.74) is 1.12. The van der Waals surface area contributed by atoms with Crippen LogP contribution in [0.4, 0.5) is 5.95 Å². The highest BCUT2D eigenvalue weighted by Crippen LogP contribution is 2.52. The molecule has 0 amide bonds. The Morgan fingerprint density at radius 3 is 2.03 bits per heavy atom. The van der Waals surface area contributed by atoms with Gasteiger partial charge in [-0.05, 0) is 87.4 Å². The molecule has 1 aliphatic carbocycles. The molecule has 14 nitrogen and oxygen atoms in total. The maximum atomic E-state index is 13.9. The number of hydrogen-bond acceptors (Lipinski definition) is 11. The largest absolute Gasteiger partial charge is 0.497 e. The number of fused-ring (bicyclic) bond motifs is 1. The van der Waals surface area contributed by atoms with Crippen molar-refractivity contribution >= 4 is 25.6 Å². The first-order valence-electron chi connectivity index (χ1n) is 20.6. The number of benzene rings is 3. The molecule has 320 valence electrons. The summed E-state index contributed by atoms with van der Waals surface area (Å²) >= 11 is 0.